The molecule has 0 aliphatic rings. The van der Waals surface area contributed by atoms with Crippen LogP contribution < -0.4 is 21.7 Å². The predicted octanol–water partition coefficient (Wildman–Crippen LogP) is 1.13. The lowest BCUT2D eigenvalue weighted by Crippen LogP contribution is -2.39. The minimum absolute atomic E-state index is 0.0221. The molecule has 3 N–H and O–H groups in total. The number of carbonyl (C=O) groups excluding carboxylic acids is 1. The summed E-state index contributed by atoms with van der Waals surface area (Å²) in [5, 5.41) is 3.84. The molecule has 4 aromatic rings. The summed E-state index contributed by atoms with van der Waals surface area (Å²) < 4.78 is 29.6. The van der Waals surface area contributed by atoms with Gasteiger partial charge in [0.2, 0.25) is 0 Å². The molecule has 0 aliphatic heterocycles. The number of nitrogen functional groups attached to an aromatic ring is 1. The average Bonchev–Trinajstić information content (AvgIpc) is 3.29. The summed E-state index contributed by atoms with van der Waals surface area (Å²) in [5.41, 5.74) is 4.90. The molecule has 0 unspecified atom stereocenters. The number of carbonyl (C=O) groups is 1. The Morgan fingerprint density at radius 3 is 2.33 bits per heavy atom. The summed E-state index contributed by atoms with van der Waals surface area (Å²) in [7, 11) is -1.90. The number of nitrogens with two attached hydrogens (primary N) is 1. The van der Waals surface area contributed by atoms with Crippen molar-refractivity contribution in [3.05, 3.63) is 85.2 Å². The van der Waals surface area contributed by atoms with Crippen LogP contribution in [0.15, 0.2) is 67.7 Å². The molecule has 3 heterocycles. The number of nitrogens with zero attached hydrogens (tertiary/aromatic N) is 3. The van der Waals surface area contributed by atoms with E-state index in [-0.39, 0.29) is 38.6 Å². The Bertz CT molecular complexity index is 1610. The van der Waals surface area contributed by atoms with Crippen molar-refractivity contribution in [3.8, 4) is 0 Å². The Morgan fingerprint density at radius 2 is 1.70 bits per heavy atom. The lowest BCUT2D eigenvalue weighted by atomic mass is 10.1. The van der Waals surface area contributed by atoms with Crippen molar-refractivity contribution in [1.29, 1.82) is 0 Å². The first-order valence-electron chi connectivity index (χ1n) is 9.65. The van der Waals surface area contributed by atoms with Crippen LogP contribution in [0.3, 0.4) is 0 Å². The van der Waals surface area contributed by atoms with E-state index in [1.54, 1.807) is 6.07 Å². The second-order valence-corrected chi connectivity index (χ2v) is 10.7. The molecular weight excluding hydrogens is 466 g/mol. The van der Waals surface area contributed by atoms with Crippen LogP contribution in [-0.4, -0.2) is 28.4 Å². The zero-order valence-electron chi connectivity index (χ0n) is 17.7. The van der Waals surface area contributed by atoms with Crippen LogP contribution in [0, 0.1) is 0 Å². The SMILES string of the molecule is Cn1c(=O)c2c(C[s+]3cccc3)c(C(=O)NS(=O)(=O)c3ccccc3)c(N)nc2n(C)c1=O. The quantitative estimate of drug-likeness (QED) is 0.402. The van der Waals surface area contributed by atoms with Gasteiger partial charge in [-0.2, -0.15) is 0 Å². The maximum absolute atomic E-state index is 13.2. The molecule has 0 spiro atoms. The third-order valence-corrected chi connectivity index (χ3v) is 8.14. The van der Waals surface area contributed by atoms with Crippen LogP contribution >= 0.6 is 10.5 Å². The molecule has 3 aromatic heterocycles. The molecule has 12 heteroatoms. The minimum atomic E-state index is -4.20. The van der Waals surface area contributed by atoms with Gasteiger partial charge >= 0.3 is 5.69 Å². The van der Waals surface area contributed by atoms with Gasteiger partial charge in [-0.25, -0.2) is 22.9 Å². The lowest BCUT2D eigenvalue weighted by molar-refractivity contribution is 0.0981. The van der Waals surface area contributed by atoms with E-state index in [1.165, 1.54) is 42.9 Å². The number of rotatable bonds is 5. The monoisotopic (exact) mass is 486 g/mol. The van der Waals surface area contributed by atoms with Crippen LogP contribution in [0.25, 0.3) is 11.0 Å². The van der Waals surface area contributed by atoms with Crippen LogP contribution in [0.2, 0.25) is 0 Å². The maximum Gasteiger partial charge on any atom is 0.332 e. The van der Waals surface area contributed by atoms with Gasteiger partial charge in [-0.05, 0) is 34.7 Å². The zero-order valence-corrected chi connectivity index (χ0v) is 19.3. The molecule has 0 atom stereocenters. The number of thiophene rings is 1. The van der Waals surface area contributed by atoms with Crippen molar-refractivity contribution in [3.63, 3.8) is 0 Å². The number of nitrogens with one attached hydrogen (secondary N) is 1. The highest BCUT2D eigenvalue weighted by Gasteiger charge is 2.29. The van der Waals surface area contributed by atoms with Crippen molar-refractivity contribution in [2.45, 2.75) is 10.6 Å². The second kappa shape index (κ2) is 8.30. The molecule has 0 aliphatic carbocycles. The molecule has 0 fully saturated rings. The zero-order chi connectivity index (χ0) is 23.9. The minimum Gasteiger partial charge on any atom is -0.383 e. The molecule has 1 aromatic carbocycles. The Kier molecular flexibility index (Phi) is 5.64. The standard InChI is InChI=1S/C21H19N5O5S2/c1-25-18-16(20(28)26(2)21(25)29)14(12-32-10-6-7-11-32)15(17(22)23-18)19(27)24-33(30,31)13-8-4-3-5-9-13/h3-11H,12H2,1-2H3,(H2-,22,23,24,27,28)/p+1. The van der Waals surface area contributed by atoms with Crippen molar-refractivity contribution in [2.24, 2.45) is 14.1 Å². The molecule has 170 valence electrons. The molecule has 4 rings (SSSR count). The number of aromatic nitrogens is 3. The number of fused-ring (bicyclic) bond motifs is 1. The van der Waals surface area contributed by atoms with Crippen molar-refractivity contribution >= 4 is 43.3 Å². The average molecular weight is 487 g/mol. The van der Waals surface area contributed by atoms with E-state index in [9.17, 15) is 22.8 Å². The summed E-state index contributed by atoms with van der Waals surface area (Å²) in [6, 6.07) is 11.1. The molecule has 1 amide bonds. The van der Waals surface area contributed by atoms with Crippen LogP contribution in [0.4, 0.5) is 5.82 Å². The fourth-order valence-corrected chi connectivity index (χ4v) is 5.98. The molecule has 0 bridgehead atoms. The third kappa shape index (κ3) is 3.94. The van der Waals surface area contributed by atoms with Gasteiger partial charge in [0.1, 0.15) is 16.6 Å². The Balaban J connectivity index is 1.98. The van der Waals surface area contributed by atoms with Gasteiger partial charge in [0, 0.05) is 19.7 Å². The fourth-order valence-electron chi connectivity index (χ4n) is 3.51. The number of benzene rings is 1. The van der Waals surface area contributed by atoms with Crippen molar-refractivity contribution < 1.29 is 13.2 Å². The highest BCUT2D eigenvalue weighted by molar-refractivity contribution is 7.90. The van der Waals surface area contributed by atoms with Gasteiger partial charge in [-0.3, -0.25) is 18.7 Å². The number of amides is 1. The van der Waals surface area contributed by atoms with Gasteiger partial charge in [-0.15, -0.1) is 0 Å². The maximum atomic E-state index is 13.2. The number of pyridine rings is 1. The topological polar surface area (TPSA) is 146 Å². The summed E-state index contributed by atoms with van der Waals surface area (Å²) in [5.74, 6) is -1.08. The first-order chi connectivity index (χ1) is 15.6. The van der Waals surface area contributed by atoms with E-state index in [0.29, 0.717) is 0 Å². The largest absolute Gasteiger partial charge is 0.383 e. The molecule has 0 radical (unpaired) electrons. The van der Waals surface area contributed by atoms with Crippen molar-refractivity contribution in [1.82, 2.24) is 18.8 Å². The van der Waals surface area contributed by atoms with E-state index in [4.69, 9.17) is 5.73 Å². The Morgan fingerprint density at radius 1 is 1.06 bits per heavy atom. The van der Waals surface area contributed by atoms with Crippen LogP contribution in [0.1, 0.15) is 15.9 Å². The summed E-state index contributed by atoms with van der Waals surface area (Å²) in [6.07, 6.45) is 0. The van der Waals surface area contributed by atoms with Crippen molar-refractivity contribution in [2.75, 3.05) is 5.73 Å². The number of aryl methyl sites for hydroxylation is 1. The van der Waals surface area contributed by atoms with E-state index >= 15 is 0 Å². The molecular formula is C21H20N5O5S2+. The van der Waals surface area contributed by atoms with E-state index in [2.05, 4.69) is 4.98 Å². The van der Waals surface area contributed by atoms with Gasteiger partial charge in [0.15, 0.2) is 11.4 Å². The molecule has 10 nitrogen and oxygen atoms in total. The Hall–Kier alpha value is -3.77. The lowest BCUT2D eigenvalue weighted by Gasteiger charge is -2.15. The van der Waals surface area contributed by atoms with E-state index in [0.717, 1.165) is 4.57 Å². The van der Waals surface area contributed by atoms with Crippen LogP contribution in [-0.2, 0) is 29.9 Å². The summed E-state index contributed by atoms with van der Waals surface area (Å²) >= 11 is 0. The van der Waals surface area contributed by atoms with E-state index < -0.39 is 37.6 Å². The normalized spacial score (nSPS) is 11.6. The number of anilines is 1. The van der Waals surface area contributed by atoms with Gasteiger partial charge in [0.05, 0.1) is 15.8 Å². The first kappa shape index (κ1) is 22.4. The predicted molar refractivity (Wildman–Crippen MR) is 126 cm³/mol. The number of hydrogen-bond donors (Lipinski definition) is 2. The smallest absolute Gasteiger partial charge is 0.332 e. The Labute approximate surface area is 191 Å². The molecule has 33 heavy (non-hydrogen) atoms. The summed E-state index contributed by atoms with van der Waals surface area (Å²) in [4.78, 5) is 42.7. The highest BCUT2D eigenvalue weighted by Crippen LogP contribution is 2.30. The van der Waals surface area contributed by atoms with Gasteiger partial charge in [0.25, 0.3) is 21.5 Å². The third-order valence-electron chi connectivity index (χ3n) is 5.16. The fraction of sp³-hybridized carbons (Fsp3) is 0.143. The molecule has 0 saturated heterocycles. The number of sulfonamides is 1. The van der Waals surface area contributed by atoms with Crippen LogP contribution in [0.5, 0.6) is 0 Å². The summed E-state index contributed by atoms with van der Waals surface area (Å²) in [6.45, 7) is 0. The van der Waals surface area contributed by atoms with Gasteiger partial charge in [-0.1, -0.05) is 18.2 Å². The number of hydrogen-bond acceptors (Lipinski definition) is 7. The molecule has 0 saturated carbocycles. The second-order valence-electron chi connectivity index (χ2n) is 7.27. The first-order valence-corrected chi connectivity index (χ1v) is 12.7. The van der Waals surface area contributed by atoms with Gasteiger partial charge < -0.3 is 5.73 Å². The highest BCUT2D eigenvalue weighted by atomic mass is 32.2. The van der Waals surface area contributed by atoms with E-state index in [1.807, 2.05) is 27.6 Å².